The van der Waals surface area contributed by atoms with Crippen molar-refractivity contribution in [1.82, 2.24) is 19.0 Å². The third kappa shape index (κ3) is 6.73. The predicted molar refractivity (Wildman–Crippen MR) is 302 cm³/mol. The molecule has 5 nitrogen and oxygen atoms in total. The van der Waals surface area contributed by atoms with Crippen LogP contribution in [-0.4, -0.2) is 19.5 Å². The average molecular weight is 924 g/mol. The highest BCUT2D eigenvalue weighted by molar-refractivity contribution is 6.14. The van der Waals surface area contributed by atoms with Gasteiger partial charge in [0.2, 0.25) is 0 Å². The van der Waals surface area contributed by atoms with Gasteiger partial charge in [-0.15, -0.1) is 0 Å². The Balaban J connectivity index is 0.897. The molecule has 0 bridgehead atoms. The molecule has 0 amide bonds. The number of nitrogens with one attached hydrogen (secondary N) is 1. The molecular weight excluding hydrogens is 875 g/mol. The maximum absolute atomic E-state index is 5.21. The Hall–Kier alpha value is -9.19. The molecule has 5 heteroatoms. The number of hydrogen-bond donors (Lipinski definition) is 1. The number of hydrogen-bond acceptors (Lipinski definition) is 2. The predicted octanol–water partition coefficient (Wildman–Crippen LogP) is 16.7. The van der Waals surface area contributed by atoms with Crippen LogP contribution in [0.1, 0.15) is 39.4 Å². The monoisotopic (exact) mass is 923 g/mol. The summed E-state index contributed by atoms with van der Waals surface area (Å²) in [7, 11) is 0. The topological polar surface area (TPSA) is 39.2 Å². The molecular formula is C67H49N5. The van der Waals surface area contributed by atoms with Crippen LogP contribution in [0.5, 0.6) is 0 Å². The van der Waals surface area contributed by atoms with E-state index in [1.54, 1.807) is 0 Å². The van der Waals surface area contributed by atoms with Crippen LogP contribution in [0.4, 0.5) is 0 Å². The van der Waals surface area contributed by atoms with Crippen LogP contribution in [0.25, 0.3) is 99.3 Å². The van der Waals surface area contributed by atoms with Gasteiger partial charge in [-0.3, -0.25) is 0 Å². The zero-order chi connectivity index (χ0) is 48.0. The summed E-state index contributed by atoms with van der Waals surface area (Å²) in [5, 5.41) is 11.2. The van der Waals surface area contributed by atoms with Gasteiger partial charge in [0, 0.05) is 60.5 Å². The van der Waals surface area contributed by atoms with Crippen molar-refractivity contribution in [1.29, 1.82) is 0 Å². The standard InChI is InChI=1S/C67H49N5/c1-42-22-32-63-55(36-42)53-18-10-12-20-61(53)71(63)50-29-34-65-57(39-50)58-40-51(72-62-21-13-11-19-54(62)56-37-43(2)23-33-64(56)72)30-35-66(58)70(65)49-27-24-45(25-28-49)48-26-31-52(44(3)38-48)60-41-59(46-14-6-4-7-15-46)68-67(69-60)47-16-8-5-9-17-47/h4-41,59H,1-3H3,(H,68,69). The molecule has 1 unspecified atom stereocenters. The van der Waals surface area contributed by atoms with Crippen molar-refractivity contribution in [2.75, 3.05) is 0 Å². The SMILES string of the molecule is Cc1ccc2c(c1)c1ccccc1n2-c1ccc2c(c1)c1cc(-n3c4ccccc4c4cc(C)ccc43)ccc1n2-c1ccc(-c2ccc(C3=CC(c4ccccc4)NC(c4ccccc4)=N3)c(C)c2)cc1. The first-order valence-electron chi connectivity index (χ1n) is 24.9. The quantitative estimate of drug-likeness (QED) is 0.170. The zero-order valence-electron chi connectivity index (χ0n) is 40.3. The zero-order valence-corrected chi connectivity index (χ0v) is 40.3. The number of aliphatic imine (C=N–C) groups is 1. The van der Waals surface area contributed by atoms with E-state index < -0.39 is 0 Å². The lowest BCUT2D eigenvalue weighted by Gasteiger charge is -2.25. The lowest BCUT2D eigenvalue weighted by Crippen LogP contribution is -2.31. The number of aromatic nitrogens is 3. The van der Waals surface area contributed by atoms with Crippen molar-refractivity contribution >= 4 is 77.0 Å². The smallest absolute Gasteiger partial charge is 0.134 e. The lowest BCUT2D eigenvalue weighted by atomic mass is 9.95. The lowest BCUT2D eigenvalue weighted by molar-refractivity contribution is 0.780. The molecule has 1 N–H and O–H groups in total. The summed E-state index contributed by atoms with van der Waals surface area (Å²) in [4.78, 5) is 5.21. The van der Waals surface area contributed by atoms with Gasteiger partial charge in [-0.1, -0.05) is 151 Å². The molecule has 0 saturated heterocycles. The summed E-state index contributed by atoms with van der Waals surface area (Å²) in [5.74, 6) is 0.877. The number of benzene rings is 10. The van der Waals surface area contributed by atoms with Gasteiger partial charge in [-0.25, -0.2) is 4.99 Å². The summed E-state index contributed by atoms with van der Waals surface area (Å²) in [5.41, 5.74) is 20.9. The molecule has 14 rings (SSSR count). The molecule has 4 heterocycles. The van der Waals surface area contributed by atoms with Crippen molar-refractivity contribution in [2.45, 2.75) is 26.8 Å². The second-order valence-corrected chi connectivity index (χ2v) is 19.5. The maximum atomic E-state index is 5.21. The molecule has 13 aromatic rings. The number of amidine groups is 1. The highest BCUT2D eigenvalue weighted by Gasteiger charge is 2.22. The highest BCUT2D eigenvalue weighted by Crippen LogP contribution is 2.41. The fraction of sp³-hybridized carbons (Fsp3) is 0.0597. The first-order valence-corrected chi connectivity index (χ1v) is 24.9. The van der Waals surface area contributed by atoms with Crippen LogP contribution in [0, 0.1) is 20.8 Å². The van der Waals surface area contributed by atoms with Crippen molar-refractivity contribution in [3.8, 4) is 28.2 Å². The maximum Gasteiger partial charge on any atom is 0.134 e. The summed E-state index contributed by atoms with van der Waals surface area (Å²) < 4.78 is 7.31. The van der Waals surface area contributed by atoms with E-state index in [2.05, 4.69) is 264 Å². The van der Waals surface area contributed by atoms with E-state index in [4.69, 9.17) is 4.99 Å². The summed E-state index contributed by atoms with van der Waals surface area (Å²) in [6, 6.07) is 82.2. The molecule has 342 valence electrons. The largest absolute Gasteiger partial charge is 0.359 e. The normalized spacial score (nSPS) is 13.9. The van der Waals surface area contributed by atoms with Crippen LogP contribution in [0.3, 0.4) is 0 Å². The fourth-order valence-electron chi connectivity index (χ4n) is 11.5. The van der Waals surface area contributed by atoms with Crippen LogP contribution in [0.15, 0.2) is 236 Å². The average Bonchev–Trinajstić information content (AvgIpc) is 4.05. The van der Waals surface area contributed by atoms with Gasteiger partial charge < -0.3 is 19.0 Å². The minimum Gasteiger partial charge on any atom is -0.359 e. The Morgan fingerprint density at radius 3 is 1.39 bits per heavy atom. The summed E-state index contributed by atoms with van der Waals surface area (Å²) in [6.07, 6.45) is 2.25. The molecule has 1 aliphatic heterocycles. The Morgan fingerprint density at radius 2 is 0.819 bits per heavy atom. The van der Waals surface area contributed by atoms with E-state index >= 15 is 0 Å². The minimum atomic E-state index is -0.00415. The number of rotatable bonds is 7. The minimum absolute atomic E-state index is 0.00415. The summed E-state index contributed by atoms with van der Waals surface area (Å²) in [6.45, 7) is 6.56. The molecule has 0 aliphatic carbocycles. The van der Waals surface area contributed by atoms with E-state index in [1.807, 2.05) is 6.07 Å². The molecule has 1 atom stereocenters. The number of aryl methyl sites for hydroxylation is 3. The molecule has 1 aliphatic rings. The third-order valence-corrected chi connectivity index (χ3v) is 14.9. The molecule has 72 heavy (non-hydrogen) atoms. The van der Waals surface area contributed by atoms with Crippen LogP contribution in [0.2, 0.25) is 0 Å². The van der Waals surface area contributed by atoms with E-state index in [-0.39, 0.29) is 6.04 Å². The van der Waals surface area contributed by atoms with Crippen molar-refractivity contribution in [2.24, 2.45) is 4.99 Å². The van der Waals surface area contributed by atoms with Gasteiger partial charge in [0.25, 0.3) is 0 Å². The van der Waals surface area contributed by atoms with Crippen molar-refractivity contribution in [3.05, 3.63) is 264 Å². The Bertz CT molecular complexity index is 4200. The molecule has 0 spiro atoms. The summed E-state index contributed by atoms with van der Waals surface area (Å²) >= 11 is 0. The number of para-hydroxylation sites is 2. The van der Waals surface area contributed by atoms with E-state index in [1.165, 1.54) is 82.2 Å². The second-order valence-electron chi connectivity index (χ2n) is 19.5. The van der Waals surface area contributed by atoms with Gasteiger partial charge >= 0.3 is 0 Å². The first kappa shape index (κ1) is 41.8. The third-order valence-electron chi connectivity index (χ3n) is 14.9. The van der Waals surface area contributed by atoms with Gasteiger partial charge in [-0.2, -0.15) is 0 Å². The molecule has 0 radical (unpaired) electrons. The first-order chi connectivity index (χ1) is 35.4. The van der Waals surface area contributed by atoms with E-state index in [9.17, 15) is 0 Å². The van der Waals surface area contributed by atoms with Gasteiger partial charge in [0.05, 0.1) is 44.8 Å². The van der Waals surface area contributed by atoms with Crippen LogP contribution >= 0.6 is 0 Å². The molecule has 10 aromatic carbocycles. The van der Waals surface area contributed by atoms with Crippen molar-refractivity contribution < 1.29 is 0 Å². The number of fused-ring (bicyclic) bond motifs is 9. The fourth-order valence-corrected chi connectivity index (χ4v) is 11.5. The van der Waals surface area contributed by atoms with Crippen LogP contribution in [-0.2, 0) is 0 Å². The Morgan fingerprint density at radius 1 is 0.361 bits per heavy atom. The second kappa shape index (κ2) is 16.5. The Labute approximate surface area is 417 Å². The molecule has 0 fully saturated rings. The molecule has 3 aromatic heterocycles. The molecule has 0 saturated carbocycles. The van der Waals surface area contributed by atoms with Gasteiger partial charge in [-0.05, 0) is 134 Å². The van der Waals surface area contributed by atoms with Crippen molar-refractivity contribution in [3.63, 3.8) is 0 Å². The van der Waals surface area contributed by atoms with Gasteiger partial charge in [0.1, 0.15) is 5.84 Å². The highest BCUT2D eigenvalue weighted by atomic mass is 15.1. The van der Waals surface area contributed by atoms with E-state index in [0.29, 0.717) is 0 Å². The van der Waals surface area contributed by atoms with Gasteiger partial charge in [0.15, 0.2) is 0 Å². The van der Waals surface area contributed by atoms with Crippen LogP contribution < -0.4 is 5.32 Å². The van der Waals surface area contributed by atoms with E-state index in [0.717, 1.165) is 56.3 Å². The Kier molecular flexibility index (Phi) is 9.55. The number of nitrogens with zero attached hydrogens (tertiary/aromatic N) is 4.